The van der Waals surface area contributed by atoms with Gasteiger partial charge in [-0.25, -0.2) is 4.98 Å². The van der Waals surface area contributed by atoms with Crippen LogP contribution in [0.15, 0.2) is 12.4 Å². The van der Waals surface area contributed by atoms with Gasteiger partial charge in [-0.05, 0) is 37.5 Å². The van der Waals surface area contributed by atoms with Gasteiger partial charge in [0.05, 0.1) is 11.9 Å². The van der Waals surface area contributed by atoms with Gasteiger partial charge < -0.3 is 10.2 Å². The van der Waals surface area contributed by atoms with Crippen LogP contribution in [0.4, 0.5) is 5.82 Å². The van der Waals surface area contributed by atoms with Crippen LogP contribution in [-0.2, 0) is 6.54 Å². The number of anilines is 1. The number of nitrogens with zero attached hydrogens (tertiary/aromatic N) is 3. The maximum atomic E-state index is 4.79. The Balaban J connectivity index is 1.66. The van der Waals surface area contributed by atoms with Crippen LogP contribution in [0.3, 0.4) is 0 Å². The lowest BCUT2D eigenvalue weighted by molar-refractivity contribution is 0.301. The molecule has 1 aliphatic carbocycles. The molecule has 0 radical (unpaired) electrons. The summed E-state index contributed by atoms with van der Waals surface area (Å²) in [6.45, 7) is 7.74. The summed E-state index contributed by atoms with van der Waals surface area (Å²) in [6.07, 6.45) is 10.2. The molecule has 1 aromatic rings. The molecule has 1 saturated heterocycles. The fraction of sp³-hybridized carbons (Fsp3) is 0.750. The van der Waals surface area contributed by atoms with E-state index in [0.29, 0.717) is 5.41 Å². The highest BCUT2D eigenvalue weighted by Crippen LogP contribution is 2.38. The molecule has 20 heavy (non-hydrogen) atoms. The summed E-state index contributed by atoms with van der Waals surface area (Å²) < 4.78 is 0. The van der Waals surface area contributed by atoms with Crippen molar-refractivity contribution in [1.82, 2.24) is 15.3 Å². The summed E-state index contributed by atoms with van der Waals surface area (Å²) in [5, 5.41) is 3.51. The van der Waals surface area contributed by atoms with Crippen LogP contribution >= 0.6 is 0 Å². The van der Waals surface area contributed by atoms with Gasteiger partial charge in [0.25, 0.3) is 0 Å². The molecule has 2 aliphatic rings. The molecule has 2 fully saturated rings. The number of hydrogen-bond acceptors (Lipinski definition) is 4. The van der Waals surface area contributed by atoms with Crippen molar-refractivity contribution in [3.63, 3.8) is 0 Å². The van der Waals surface area contributed by atoms with Crippen LogP contribution in [0.2, 0.25) is 0 Å². The van der Waals surface area contributed by atoms with Crippen molar-refractivity contribution in [1.29, 1.82) is 0 Å². The summed E-state index contributed by atoms with van der Waals surface area (Å²) in [5.41, 5.74) is 1.56. The van der Waals surface area contributed by atoms with Crippen molar-refractivity contribution in [3.05, 3.63) is 18.1 Å². The van der Waals surface area contributed by atoms with Crippen LogP contribution in [-0.4, -0.2) is 29.1 Å². The molecular weight excluding hydrogens is 248 g/mol. The van der Waals surface area contributed by atoms with E-state index in [1.54, 1.807) is 0 Å². The quantitative estimate of drug-likeness (QED) is 0.866. The summed E-state index contributed by atoms with van der Waals surface area (Å²) in [5.74, 6) is 1.06. The van der Waals surface area contributed by atoms with Crippen molar-refractivity contribution in [2.24, 2.45) is 5.41 Å². The zero-order valence-electron chi connectivity index (χ0n) is 12.7. The first-order valence-electron chi connectivity index (χ1n) is 8.04. The highest BCUT2D eigenvalue weighted by molar-refractivity contribution is 5.38. The molecule has 3 rings (SSSR count). The van der Waals surface area contributed by atoms with Gasteiger partial charge in [-0.2, -0.15) is 0 Å². The summed E-state index contributed by atoms with van der Waals surface area (Å²) in [4.78, 5) is 11.6. The molecule has 1 saturated carbocycles. The van der Waals surface area contributed by atoms with E-state index in [1.807, 2.05) is 12.4 Å². The SMILES string of the molecule is CCC1(CC)CCN(c2cncc(CNC3CC3)n2)C1. The minimum absolute atomic E-state index is 0.490. The second-order valence-corrected chi connectivity index (χ2v) is 6.40. The molecule has 110 valence electrons. The molecule has 1 N–H and O–H groups in total. The van der Waals surface area contributed by atoms with Gasteiger partial charge in [0.15, 0.2) is 0 Å². The molecule has 4 heteroatoms. The predicted octanol–water partition coefficient (Wildman–Crippen LogP) is 2.75. The highest BCUT2D eigenvalue weighted by atomic mass is 15.2. The van der Waals surface area contributed by atoms with Crippen LogP contribution in [0.25, 0.3) is 0 Å². The third kappa shape index (κ3) is 2.95. The van der Waals surface area contributed by atoms with Gasteiger partial charge in [-0.3, -0.25) is 4.98 Å². The molecule has 4 nitrogen and oxygen atoms in total. The van der Waals surface area contributed by atoms with Crippen LogP contribution in [0, 0.1) is 5.41 Å². The predicted molar refractivity (Wildman–Crippen MR) is 81.7 cm³/mol. The molecule has 1 aromatic heterocycles. The van der Waals surface area contributed by atoms with E-state index in [-0.39, 0.29) is 0 Å². The Morgan fingerprint density at radius 3 is 2.75 bits per heavy atom. The third-order valence-electron chi connectivity index (χ3n) is 5.08. The van der Waals surface area contributed by atoms with Gasteiger partial charge in [0, 0.05) is 31.9 Å². The van der Waals surface area contributed by atoms with Gasteiger partial charge in [-0.1, -0.05) is 13.8 Å². The Bertz CT molecular complexity index is 452. The van der Waals surface area contributed by atoms with Crippen molar-refractivity contribution >= 4 is 5.82 Å². The summed E-state index contributed by atoms with van der Waals surface area (Å²) in [7, 11) is 0. The van der Waals surface area contributed by atoms with E-state index in [9.17, 15) is 0 Å². The van der Waals surface area contributed by atoms with E-state index in [1.165, 1.54) is 32.1 Å². The first-order chi connectivity index (χ1) is 9.74. The first kappa shape index (κ1) is 13.8. The third-order valence-corrected chi connectivity index (χ3v) is 5.08. The van der Waals surface area contributed by atoms with E-state index >= 15 is 0 Å². The molecular formula is C16H26N4. The maximum absolute atomic E-state index is 4.79. The standard InChI is InChI=1S/C16H26N4/c1-3-16(4-2)7-8-20(12-16)15-11-17-9-14(19-15)10-18-13-5-6-13/h9,11,13,18H,3-8,10,12H2,1-2H3. The molecule has 1 aliphatic heterocycles. The first-order valence-corrected chi connectivity index (χ1v) is 8.04. The van der Waals surface area contributed by atoms with Crippen molar-refractivity contribution in [2.45, 2.75) is 58.5 Å². The van der Waals surface area contributed by atoms with E-state index in [4.69, 9.17) is 4.98 Å². The van der Waals surface area contributed by atoms with E-state index in [2.05, 4.69) is 29.0 Å². The lowest BCUT2D eigenvalue weighted by Crippen LogP contribution is -2.27. The number of hydrogen-bond donors (Lipinski definition) is 1. The second kappa shape index (κ2) is 5.68. The Kier molecular flexibility index (Phi) is 3.92. The Hall–Kier alpha value is -1.16. The van der Waals surface area contributed by atoms with Crippen molar-refractivity contribution < 1.29 is 0 Å². The zero-order chi connectivity index (χ0) is 14.0. The number of nitrogens with one attached hydrogen (secondary N) is 1. The maximum Gasteiger partial charge on any atom is 0.147 e. The minimum atomic E-state index is 0.490. The molecule has 2 heterocycles. The molecule has 0 atom stereocenters. The van der Waals surface area contributed by atoms with Crippen molar-refractivity contribution in [2.75, 3.05) is 18.0 Å². The zero-order valence-corrected chi connectivity index (χ0v) is 12.7. The monoisotopic (exact) mass is 274 g/mol. The number of rotatable bonds is 6. The fourth-order valence-electron chi connectivity index (χ4n) is 3.13. The highest BCUT2D eigenvalue weighted by Gasteiger charge is 2.35. The fourth-order valence-corrected chi connectivity index (χ4v) is 3.13. The normalized spacial score (nSPS) is 21.4. The molecule has 0 aromatic carbocycles. The summed E-state index contributed by atoms with van der Waals surface area (Å²) >= 11 is 0. The van der Waals surface area contributed by atoms with Crippen LogP contribution in [0.5, 0.6) is 0 Å². The minimum Gasteiger partial charge on any atom is -0.355 e. The number of aromatic nitrogens is 2. The average Bonchev–Trinajstić information content (AvgIpc) is 3.23. The largest absolute Gasteiger partial charge is 0.355 e. The molecule has 0 unspecified atom stereocenters. The lowest BCUT2D eigenvalue weighted by Gasteiger charge is -2.26. The van der Waals surface area contributed by atoms with Crippen LogP contribution in [0.1, 0.15) is 51.6 Å². The van der Waals surface area contributed by atoms with E-state index in [0.717, 1.165) is 37.2 Å². The Morgan fingerprint density at radius 2 is 2.10 bits per heavy atom. The van der Waals surface area contributed by atoms with Crippen LogP contribution < -0.4 is 10.2 Å². The lowest BCUT2D eigenvalue weighted by atomic mass is 9.82. The van der Waals surface area contributed by atoms with Gasteiger partial charge in [-0.15, -0.1) is 0 Å². The smallest absolute Gasteiger partial charge is 0.147 e. The van der Waals surface area contributed by atoms with Gasteiger partial charge >= 0.3 is 0 Å². The second-order valence-electron chi connectivity index (χ2n) is 6.40. The molecule has 0 bridgehead atoms. The Labute approximate surface area is 122 Å². The summed E-state index contributed by atoms with van der Waals surface area (Å²) in [6, 6.07) is 0.722. The molecule has 0 spiro atoms. The van der Waals surface area contributed by atoms with E-state index < -0.39 is 0 Å². The topological polar surface area (TPSA) is 41.1 Å². The van der Waals surface area contributed by atoms with Gasteiger partial charge in [0.1, 0.15) is 5.82 Å². The average molecular weight is 274 g/mol. The molecule has 0 amide bonds. The van der Waals surface area contributed by atoms with Gasteiger partial charge in [0.2, 0.25) is 0 Å². The van der Waals surface area contributed by atoms with Crippen molar-refractivity contribution in [3.8, 4) is 0 Å². The Morgan fingerprint density at radius 1 is 1.30 bits per heavy atom.